The number of halogens is 7. The predicted octanol–water partition coefficient (Wildman–Crippen LogP) is 5.14. The van der Waals surface area contributed by atoms with Crippen molar-refractivity contribution in [3.63, 3.8) is 0 Å². The fourth-order valence-electron chi connectivity index (χ4n) is 1.85. The predicted molar refractivity (Wildman–Crippen MR) is 67.2 cm³/mol. The lowest BCUT2D eigenvalue weighted by Gasteiger charge is -2.12. The van der Waals surface area contributed by atoms with Crippen molar-refractivity contribution in [2.75, 3.05) is 0 Å². The number of aryl methyl sites for hydroxylation is 1. The molecule has 0 radical (unpaired) electrons. The van der Waals surface area contributed by atoms with E-state index in [4.69, 9.17) is 11.6 Å². The molecule has 0 amide bonds. The fraction of sp³-hybridized carbons (Fsp3) is 0.231. The van der Waals surface area contributed by atoms with Gasteiger partial charge in [0.25, 0.3) is 0 Å². The first-order chi connectivity index (χ1) is 9.98. The van der Waals surface area contributed by atoms with E-state index in [9.17, 15) is 26.3 Å². The molecule has 0 unspecified atom stereocenters. The molecule has 0 aliphatic carbocycles. The normalized spacial score (nSPS) is 12.5. The molecule has 2 aromatic rings. The third-order valence-electron chi connectivity index (χ3n) is 2.82. The van der Waals surface area contributed by atoms with Gasteiger partial charge in [-0.2, -0.15) is 26.3 Å². The van der Waals surface area contributed by atoms with Crippen molar-refractivity contribution in [2.24, 2.45) is 0 Å². The summed E-state index contributed by atoms with van der Waals surface area (Å²) in [5, 5.41) is -0.637. The van der Waals surface area contributed by atoms with E-state index in [2.05, 4.69) is 9.97 Å². The van der Waals surface area contributed by atoms with Gasteiger partial charge in [-0.1, -0.05) is 6.07 Å². The van der Waals surface area contributed by atoms with Crippen LogP contribution in [0, 0.1) is 6.92 Å². The average Bonchev–Trinajstić information content (AvgIpc) is 2.35. The maximum absolute atomic E-state index is 12.7. The molecule has 0 saturated heterocycles. The fourth-order valence-corrected chi connectivity index (χ4v) is 2.03. The Balaban J connectivity index is 2.54. The lowest BCUT2D eigenvalue weighted by Crippen LogP contribution is -2.10. The Labute approximate surface area is 125 Å². The number of hydrogen-bond donors (Lipinski definition) is 0. The third-order valence-corrected chi connectivity index (χ3v) is 2.99. The van der Waals surface area contributed by atoms with Gasteiger partial charge in [-0.3, -0.25) is 0 Å². The van der Waals surface area contributed by atoms with E-state index >= 15 is 0 Å². The molecule has 1 aromatic carbocycles. The molecule has 0 N–H and O–H groups in total. The Hall–Kier alpha value is -1.83. The second-order valence-corrected chi connectivity index (χ2v) is 4.77. The zero-order chi connectivity index (χ0) is 16.7. The zero-order valence-corrected chi connectivity index (χ0v) is 11.6. The van der Waals surface area contributed by atoms with E-state index in [1.165, 1.54) is 6.92 Å². The minimum Gasteiger partial charge on any atom is -0.218 e. The second-order valence-electron chi connectivity index (χ2n) is 4.43. The van der Waals surface area contributed by atoms with Crippen molar-refractivity contribution in [1.29, 1.82) is 0 Å². The van der Waals surface area contributed by atoms with Gasteiger partial charge in [-0.15, -0.1) is 0 Å². The first-order valence-electron chi connectivity index (χ1n) is 5.78. The van der Waals surface area contributed by atoms with Crippen molar-refractivity contribution in [2.45, 2.75) is 19.3 Å². The van der Waals surface area contributed by atoms with E-state index in [-0.39, 0.29) is 16.8 Å². The number of rotatable bonds is 1. The van der Waals surface area contributed by atoms with E-state index < -0.39 is 28.9 Å². The standard InChI is InChI=1S/C13H7ClF6N2/c1-6-4-7(2-3-8(6)12(15,16)17)9-5-10(13(18,19)20)22-11(14)21-9/h2-5H,1H3. The highest BCUT2D eigenvalue weighted by molar-refractivity contribution is 6.28. The first-order valence-corrected chi connectivity index (χ1v) is 6.16. The van der Waals surface area contributed by atoms with E-state index in [1.807, 2.05) is 0 Å². The van der Waals surface area contributed by atoms with Crippen LogP contribution in [-0.2, 0) is 12.4 Å². The third kappa shape index (κ3) is 3.49. The molecule has 0 aliphatic heterocycles. The molecule has 118 valence electrons. The van der Waals surface area contributed by atoms with Gasteiger partial charge in [0, 0.05) is 5.56 Å². The van der Waals surface area contributed by atoms with Gasteiger partial charge in [-0.25, -0.2) is 9.97 Å². The summed E-state index contributed by atoms with van der Waals surface area (Å²) in [6.07, 6.45) is -9.27. The number of hydrogen-bond acceptors (Lipinski definition) is 2. The average molecular weight is 341 g/mol. The largest absolute Gasteiger partial charge is 0.433 e. The summed E-state index contributed by atoms with van der Waals surface area (Å²) < 4.78 is 76.0. The van der Waals surface area contributed by atoms with Gasteiger partial charge >= 0.3 is 12.4 Å². The lowest BCUT2D eigenvalue weighted by molar-refractivity contribution is -0.141. The van der Waals surface area contributed by atoms with Crippen molar-refractivity contribution in [1.82, 2.24) is 9.97 Å². The highest BCUT2D eigenvalue weighted by atomic mass is 35.5. The summed E-state index contributed by atoms with van der Waals surface area (Å²) in [6.45, 7) is 1.21. The van der Waals surface area contributed by atoms with E-state index in [1.54, 1.807) is 0 Å². The molecule has 1 aromatic heterocycles. The van der Waals surface area contributed by atoms with Gasteiger partial charge in [0.2, 0.25) is 5.28 Å². The number of nitrogens with zero attached hydrogens (tertiary/aromatic N) is 2. The zero-order valence-electron chi connectivity index (χ0n) is 10.8. The molecule has 0 spiro atoms. The molecular formula is C13H7ClF6N2. The molecular weight excluding hydrogens is 334 g/mol. The minimum atomic E-state index is -4.73. The van der Waals surface area contributed by atoms with Crippen LogP contribution in [0.1, 0.15) is 16.8 Å². The second kappa shape index (κ2) is 5.42. The molecule has 0 aliphatic rings. The Morgan fingerprint density at radius 3 is 2.05 bits per heavy atom. The van der Waals surface area contributed by atoms with Crippen LogP contribution in [0.3, 0.4) is 0 Å². The smallest absolute Gasteiger partial charge is 0.218 e. The van der Waals surface area contributed by atoms with Gasteiger partial charge in [0.1, 0.15) is 5.69 Å². The molecule has 22 heavy (non-hydrogen) atoms. The molecule has 0 fully saturated rings. The van der Waals surface area contributed by atoms with Gasteiger partial charge in [0.05, 0.1) is 11.3 Å². The van der Waals surface area contributed by atoms with Crippen molar-refractivity contribution < 1.29 is 26.3 Å². The summed E-state index contributed by atoms with van der Waals surface area (Å²) in [5.74, 6) is 0. The highest BCUT2D eigenvalue weighted by Crippen LogP contribution is 2.35. The van der Waals surface area contributed by atoms with Crippen molar-refractivity contribution in [3.8, 4) is 11.3 Å². The van der Waals surface area contributed by atoms with Crippen LogP contribution in [0.5, 0.6) is 0 Å². The van der Waals surface area contributed by atoms with Crippen molar-refractivity contribution >= 4 is 11.6 Å². The van der Waals surface area contributed by atoms with Gasteiger partial charge in [-0.05, 0) is 42.3 Å². The summed E-state index contributed by atoms with van der Waals surface area (Å²) in [6, 6.07) is 3.55. The van der Waals surface area contributed by atoms with Crippen LogP contribution in [0.15, 0.2) is 24.3 Å². The maximum atomic E-state index is 12.7. The van der Waals surface area contributed by atoms with Crippen LogP contribution in [-0.4, -0.2) is 9.97 Å². The summed E-state index contributed by atoms with van der Waals surface area (Å²) in [4.78, 5) is 6.68. The van der Waals surface area contributed by atoms with E-state index in [0.717, 1.165) is 18.2 Å². The topological polar surface area (TPSA) is 25.8 Å². The van der Waals surface area contributed by atoms with Crippen molar-refractivity contribution in [3.05, 3.63) is 46.4 Å². The monoisotopic (exact) mass is 340 g/mol. The number of aromatic nitrogens is 2. The molecule has 9 heteroatoms. The minimum absolute atomic E-state index is 0.0836. The quantitative estimate of drug-likeness (QED) is 0.530. The first kappa shape index (κ1) is 16.5. The Kier molecular flexibility index (Phi) is 4.08. The van der Waals surface area contributed by atoms with Crippen LogP contribution in [0.2, 0.25) is 5.28 Å². The highest BCUT2D eigenvalue weighted by Gasteiger charge is 2.34. The molecule has 0 bridgehead atoms. The van der Waals surface area contributed by atoms with Crippen LogP contribution in [0.25, 0.3) is 11.3 Å². The lowest BCUT2D eigenvalue weighted by atomic mass is 10.0. The van der Waals surface area contributed by atoms with Crippen LogP contribution in [0.4, 0.5) is 26.3 Å². The molecule has 2 rings (SSSR count). The Bertz CT molecular complexity index is 709. The Morgan fingerprint density at radius 2 is 1.55 bits per heavy atom. The van der Waals surface area contributed by atoms with Crippen LogP contribution < -0.4 is 0 Å². The Morgan fingerprint density at radius 1 is 0.909 bits per heavy atom. The number of alkyl halides is 6. The molecule has 0 atom stereocenters. The molecule has 1 heterocycles. The molecule has 0 saturated carbocycles. The molecule has 2 nitrogen and oxygen atoms in total. The van der Waals surface area contributed by atoms with Crippen LogP contribution >= 0.6 is 11.6 Å². The summed E-state index contributed by atoms with van der Waals surface area (Å²) >= 11 is 5.45. The number of benzene rings is 1. The maximum Gasteiger partial charge on any atom is 0.433 e. The van der Waals surface area contributed by atoms with Gasteiger partial charge < -0.3 is 0 Å². The summed E-state index contributed by atoms with van der Waals surface area (Å²) in [5.41, 5.74) is -2.38. The van der Waals surface area contributed by atoms with Gasteiger partial charge in [0.15, 0.2) is 0 Å². The summed E-state index contributed by atoms with van der Waals surface area (Å²) in [7, 11) is 0. The van der Waals surface area contributed by atoms with E-state index in [0.29, 0.717) is 6.07 Å². The SMILES string of the molecule is Cc1cc(-c2cc(C(F)(F)F)nc(Cl)n2)ccc1C(F)(F)F.